The number of non-ortho nitro benzene ring substituents is 1. The molecule has 0 aliphatic heterocycles. The lowest BCUT2D eigenvalue weighted by molar-refractivity contribution is -0.384. The van der Waals surface area contributed by atoms with Crippen LogP contribution in [0.1, 0.15) is 26.5 Å². The number of allylic oxidation sites excluding steroid dienone is 1. The zero-order valence-electron chi connectivity index (χ0n) is 16.0. The van der Waals surface area contributed by atoms with Gasteiger partial charge in [0, 0.05) is 29.3 Å². The molecule has 8 nitrogen and oxygen atoms in total. The standard InChI is InChI=1S/C22H13ClN2O6/c1-30-22(27)18-11-13(5-7-19(18)23)20-8-6-17(31-20)10-15(12-24)21(26)14-3-2-4-16(9-14)25(28)29/h2-11H,1H3. The molecular formula is C22H13ClN2O6. The Morgan fingerprint density at radius 2 is 1.97 bits per heavy atom. The van der Waals surface area contributed by atoms with E-state index in [1.807, 2.05) is 0 Å². The Morgan fingerprint density at radius 3 is 2.65 bits per heavy atom. The van der Waals surface area contributed by atoms with Gasteiger partial charge in [-0.05, 0) is 30.3 Å². The van der Waals surface area contributed by atoms with E-state index in [1.165, 1.54) is 43.5 Å². The Balaban J connectivity index is 1.92. The Morgan fingerprint density at radius 1 is 1.19 bits per heavy atom. The molecule has 0 saturated carbocycles. The van der Waals surface area contributed by atoms with E-state index >= 15 is 0 Å². The molecule has 0 aliphatic rings. The molecule has 0 spiro atoms. The molecule has 0 N–H and O–H groups in total. The summed E-state index contributed by atoms with van der Waals surface area (Å²) >= 11 is 6.02. The summed E-state index contributed by atoms with van der Waals surface area (Å²) in [6, 6.07) is 14.7. The second-order valence-electron chi connectivity index (χ2n) is 6.19. The molecule has 0 radical (unpaired) electrons. The van der Waals surface area contributed by atoms with Crippen molar-refractivity contribution in [2.24, 2.45) is 0 Å². The zero-order chi connectivity index (χ0) is 22.5. The van der Waals surface area contributed by atoms with E-state index < -0.39 is 16.7 Å². The molecule has 3 rings (SSSR count). The number of hydrogen-bond donors (Lipinski definition) is 0. The lowest BCUT2D eigenvalue weighted by Gasteiger charge is -2.04. The van der Waals surface area contributed by atoms with E-state index in [0.717, 1.165) is 6.07 Å². The summed E-state index contributed by atoms with van der Waals surface area (Å²) < 4.78 is 10.4. The lowest BCUT2D eigenvalue weighted by Crippen LogP contribution is -2.02. The Labute approximate surface area is 181 Å². The number of carbonyl (C=O) groups is 2. The van der Waals surface area contributed by atoms with E-state index in [-0.39, 0.29) is 33.2 Å². The molecule has 9 heteroatoms. The van der Waals surface area contributed by atoms with Crippen molar-refractivity contribution in [1.29, 1.82) is 5.26 Å². The molecule has 154 valence electrons. The van der Waals surface area contributed by atoms with Crippen molar-refractivity contribution in [1.82, 2.24) is 0 Å². The van der Waals surface area contributed by atoms with Crippen molar-refractivity contribution >= 4 is 35.1 Å². The van der Waals surface area contributed by atoms with Gasteiger partial charge in [-0.15, -0.1) is 0 Å². The molecule has 0 fully saturated rings. The summed E-state index contributed by atoms with van der Waals surface area (Å²) in [4.78, 5) is 34.7. The number of furan rings is 1. The summed E-state index contributed by atoms with van der Waals surface area (Å²) in [5.74, 6) is -0.704. The maximum atomic E-state index is 12.6. The Bertz CT molecular complexity index is 1270. The van der Waals surface area contributed by atoms with Crippen LogP contribution in [-0.2, 0) is 4.74 Å². The predicted molar refractivity (Wildman–Crippen MR) is 112 cm³/mol. The van der Waals surface area contributed by atoms with Crippen LogP contribution in [0.4, 0.5) is 5.69 Å². The summed E-state index contributed by atoms with van der Waals surface area (Å²) in [5.41, 5.74) is 0.191. The molecule has 31 heavy (non-hydrogen) atoms. The van der Waals surface area contributed by atoms with Crippen molar-refractivity contribution in [2.45, 2.75) is 0 Å². The number of esters is 1. The van der Waals surface area contributed by atoms with Gasteiger partial charge in [-0.2, -0.15) is 5.26 Å². The fourth-order valence-corrected chi connectivity index (χ4v) is 2.93. The highest BCUT2D eigenvalue weighted by Gasteiger charge is 2.17. The molecule has 0 bridgehead atoms. The molecule has 1 aromatic heterocycles. The van der Waals surface area contributed by atoms with Crippen molar-refractivity contribution in [3.8, 4) is 17.4 Å². The normalized spacial score (nSPS) is 10.9. The van der Waals surface area contributed by atoms with Crippen LogP contribution in [0.3, 0.4) is 0 Å². The average molecular weight is 437 g/mol. The first-order valence-corrected chi connectivity index (χ1v) is 9.11. The van der Waals surface area contributed by atoms with Crippen LogP contribution in [0, 0.1) is 21.4 Å². The van der Waals surface area contributed by atoms with Gasteiger partial charge in [-0.1, -0.05) is 23.7 Å². The molecule has 3 aromatic rings. The number of nitrogens with zero attached hydrogens (tertiary/aromatic N) is 2. The van der Waals surface area contributed by atoms with Crippen LogP contribution >= 0.6 is 11.6 Å². The van der Waals surface area contributed by atoms with E-state index in [0.29, 0.717) is 11.3 Å². The highest BCUT2D eigenvalue weighted by atomic mass is 35.5. The van der Waals surface area contributed by atoms with Crippen molar-refractivity contribution in [3.05, 3.63) is 92.2 Å². The molecular weight excluding hydrogens is 424 g/mol. The number of hydrogen-bond acceptors (Lipinski definition) is 7. The molecule has 0 aliphatic carbocycles. The van der Waals surface area contributed by atoms with Crippen molar-refractivity contribution < 1.29 is 23.7 Å². The first-order valence-electron chi connectivity index (χ1n) is 8.73. The predicted octanol–water partition coefficient (Wildman–Crippen LogP) is 5.08. The first kappa shape index (κ1) is 21.5. The minimum Gasteiger partial charge on any atom is -0.465 e. The maximum Gasteiger partial charge on any atom is 0.339 e. The summed E-state index contributed by atoms with van der Waals surface area (Å²) in [7, 11) is 1.24. The number of rotatable bonds is 6. The number of carbonyl (C=O) groups excluding carboxylic acids is 2. The van der Waals surface area contributed by atoms with E-state index in [4.69, 9.17) is 20.8 Å². The van der Waals surface area contributed by atoms with E-state index in [2.05, 4.69) is 0 Å². The van der Waals surface area contributed by atoms with Crippen LogP contribution in [0.2, 0.25) is 5.02 Å². The summed E-state index contributed by atoms with van der Waals surface area (Å²) in [6.45, 7) is 0. The van der Waals surface area contributed by atoms with Gasteiger partial charge in [0.1, 0.15) is 23.2 Å². The number of Topliss-reactive ketones (excluding diaryl/α,β-unsaturated/α-hetero) is 1. The average Bonchev–Trinajstić information content (AvgIpc) is 3.25. The highest BCUT2D eigenvalue weighted by molar-refractivity contribution is 6.33. The summed E-state index contributed by atoms with van der Waals surface area (Å²) in [5, 5.41) is 20.5. The quantitative estimate of drug-likeness (QED) is 0.132. The fourth-order valence-electron chi connectivity index (χ4n) is 2.74. The van der Waals surface area contributed by atoms with Crippen LogP contribution in [-0.4, -0.2) is 23.8 Å². The topological polar surface area (TPSA) is 123 Å². The monoisotopic (exact) mass is 436 g/mol. The van der Waals surface area contributed by atoms with Gasteiger partial charge in [-0.3, -0.25) is 14.9 Å². The summed E-state index contributed by atoms with van der Waals surface area (Å²) in [6.07, 6.45) is 1.24. The number of ether oxygens (including phenoxy) is 1. The van der Waals surface area contributed by atoms with Gasteiger partial charge in [-0.25, -0.2) is 4.79 Å². The first-order chi connectivity index (χ1) is 14.8. The number of benzene rings is 2. The minimum atomic E-state index is -0.677. The van der Waals surface area contributed by atoms with Gasteiger partial charge in [0.05, 0.1) is 22.6 Å². The Hall–Kier alpha value is -4.22. The van der Waals surface area contributed by atoms with Crippen LogP contribution in [0.5, 0.6) is 0 Å². The molecule has 1 heterocycles. The molecule has 2 aromatic carbocycles. The Kier molecular flexibility index (Phi) is 6.29. The molecule has 0 atom stereocenters. The SMILES string of the molecule is COC(=O)c1cc(-c2ccc(C=C(C#N)C(=O)c3cccc([N+](=O)[O-])c3)o2)ccc1Cl. The number of ketones is 1. The van der Waals surface area contributed by atoms with Crippen LogP contribution in [0.25, 0.3) is 17.4 Å². The maximum absolute atomic E-state index is 12.6. The van der Waals surface area contributed by atoms with Gasteiger partial charge in [0.2, 0.25) is 5.78 Å². The number of nitro groups is 1. The second kappa shape index (κ2) is 9.07. The molecule has 0 amide bonds. The van der Waals surface area contributed by atoms with Gasteiger partial charge < -0.3 is 9.15 Å². The van der Waals surface area contributed by atoms with Gasteiger partial charge in [0.25, 0.3) is 5.69 Å². The third kappa shape index (κ3) is 4.69. The third-order valence-corrected chi connectivity index (χ3v) is 4.58. The molecule has 0 unspecified atom stereocenters. The van der Waals surface area contributed by atoms with Gasteiger partial charge >= 0.3 is 5.97 Å². The largest absolute Gasteiger partial charge is 0.465 e. The second-order valence-corrected chi connectivity index (χ2v) is 6.60. The van der Waals surface area contributed by atoms with Crippen molar-refractivity contribution in [2.75, 3.05) is 7.11 Å². The minimum absolute atomic E-state index is 0.00852. The van der Waals surface area contributed by atoms with Crippen LogP contribution < -0.4 is 0 Å². The number of methoxy groups -OCH3 is 1. The number of nitriles is 1. The number of nitro benzene ring substituents is 1. The van der Waals surface area contributed by atoms with E-state index in [9.17, 15) is 25.0 Å². The zero-order valence-corrected chi connectivity index (χ0v) is 16.8. The van der Waals surface area contributed by atoms with Crippen LogP contribution in [0.15, 0.2) is 64.6 Å². The third-order valence-electron chi connectivity index (χ3n) is 4.25. The number of halogens is 1. The van der Waals surface area contributed by atoms with Gasteiger partial charge in [0.15, 0.2) is 0 Å². The smallest absolute Gasteiger partial charge is 0.339 e. The van der Waals surface area contributed by atoms with Crippen molar-refractivity contribution in [3.63, 3.8) is 0 Å². The fraction of sp³-hybridized carbons (Fsp3) is 0.0455. The highest BCUT2D eigenvalue weighted by Crippen LogP contribution is 2.28. The molecule has 0 saturated heterocycles. The lowest BCUT2D eigenvalue weighted by atomic mass is 10.0. The van der Waals surface area contributed by atoms with E-state index in [1.54, 1.807) is 24.3 Å².